The van der Waals surface area contributed by atoms with Crippen LogP contribution in [0.25, 0.3) is 0 Å². The van der Waals surface area contributed by atoms with Gasteiger partial charge >= 0.3 is 0 Å². The lowest BCUT2D eigenvalue weighted by molar-refractivity contribution is 0.586. The van der Waals surface area contributed by atoms with Gasteiger partial charge in [-0.15, -0.1) is 0 Å². The third kappa shape index (κ3) is 2.01. The van der Waals surface area contributed by atoms with Crippen molar-refractivity contribution in [1.82, 2.24) is 9.97 Å². The SMILES string of the molecule is CNc1ncc(S(=O)(=O)C(C)C)cn1. The van der Waals surface area contributed by atoms with Gasteiger partial charge in [-0.05, 0) is 13.8 Å². The maximum absolute atomic E-state index is 11.6. The Morgan fingerprint density at radius 3 is 2.14 bits per heavy atom. The minimum absolute atomic E-state index is 0.159. The first-order valence-electron chi connectivity index (χ1n) is 4.22. The van der Waals surface area contributed by atoms with E-state index in [2.05, 4.69) is 15.3 Å². The number of hydrogen-bond acceptors (Lipinski definition) is 5. The average Bonchev–Trinajstić information content (AvgIpc) is 2.17. The fourth-order valence-corrected chi connectivity index (χ4v) is 1.81. The summed E-state index contributed by atoms with van der Waals surface area (Å²) in [5, 5.41) is 2.27. The van der Waals surface area contributed by atoms with Gasteiger partial charge in [0.15, 0.2) is 9.84 Å². The Labute approximate surface area is 83.5 Å². The van der Waals surface area contributed by atoms with Crippen molar-refractivity contribution in [3.8, 4) is 0 Å². The molecule has 0 spiro atoms. The van der Waals surface area contributed by atoms with E-state index in [1.54, 1.807) is 20.9 Å². The van der Waals surface area contributed by atoms with E-state index in [0.29, 0.717) is 5.95 Å². The molecule has 5 nitrogen and oxygen atoms in total. The molecule has 0 aliphatic heterocycles. The molecule has 0 aromatic carbocycles. The lowest BCUT2D eigenvalue weighted by Crippen LogP contribution is -2.14. The molecule has 78 valence electrons. The molecule has 0 saturated carbocycles. The summed E-state index contributed by atoms with van der Waals surface area (Å²) in [6.07, 6.45) is 2.63. The van der Waals surface area contributed by atoms with Gasteiger partial charge < -0.3 is 5.32 Å². The van der Waals surface area contributed by atoms with Crippen molar-refractivity contribution >= 4 is 15.8 Å². The molecule has 1 heterocycles. The summed E-state index contributed by atoms with van der Waals surface area (Å²) in [5.74, 6) is 0.410. The van der Waals surface area contributed by atoms with Crippen LogP contribution in [0, 0.1) is 0 Å². The molecule has 0 amide bonds. The largest absolute Gasteiger partial charge is 0.357 e. The maximum Gasteiger partial charge on any atom is 0.222 e. The van der Waals surface area contributed by atoms with Crippen LogP contribution in [-0.2, 0) is 9.84 Å². The zero-order valence-electron chi connectivity index (χ0n) is 8.35. The molecule has 1 N–H and O–H groups in total. The lowest BCUT2D eigenvalue weighted by Gasteiger charge is -2.06. The lowest BCUT2D eigenvalue weighted by atomic mass is 10.6. The van der Waals surface area contributed by atoms with Crippen LogP contribution in [-0.4, -0.2) is 30.7 Å². The van der Waals surface area contributed by atoms with Crippen molar-refractivity contribution in [3.63, 3.8) is 0 Å². The number of rotatable bonds is 3. The molecule has 0 atom stereocenters. The highest BCUT2D eigenvalue weighted by Gasteiger charge is 2.19. The van der Waals surface area contributed by atoms with Crippen LogP contribution in [0.3, 0.4) is 0 Å². The molecule has 0 fully saturated rings. The standard InChI is InChI=1S/C8H13N3O2S/c1-6(2)14(12,13)7-4-10-8(9-3)11-5-7/h4-6H,1-3H3,(H,9,10,11). The first-order chi connectivity index (χ1) is 6.48. The summed E-state index contributed by atoms with van der Waals surface area (Å²) >= 11 is 0. The van der Waals surface area contributed by atoms with E-state index < -0.39 is 15.1 Å². The van der Waals surface area contributed by atoms with Crippen LogP contribution in [0.2, 0.25) is 0 Å². The topological polar surface area (TPSA) is 72.0 Å². The van der Waals surface area contributed by atoms with Crippen LogP contribution in [0.1, 0.15) is 13.8 Å². The van der Waals surface area contributed by atoms with Gasteiger partial charge in [-0.3, -0.25) is 0 Å². The molecule has 1 rings (SSSR count). The smallest absolute Gasteiger partial charge is 0.222 e. The Morgan fingerprint density at radius 2 is 1.79 bits per heavy atom. The number of anilines is 1. The Kier molecular flexibility index (Phi) is 3.05. The van der Waals surface area contributed by atoms with Crippen LogP contribution in [0.15, 0.2) is 17.3 Å². The van der Waals surface area contributed by atoms with Crippen molar-refractivity contribution < 1.29 is 8.42 Å². The van der Waals surface area contributed by atoms with Crippen LogP contribution in [0.4, 0.5) is 5.95 Å². The summed E-state index contributed by atoms with van der Waals surface area (Å²) in [6.45, 7) is 3.25. The molecule has 14 heavy (non-hydrogen) atoms. The first kappa shape index (κ1) is 10.9. The second-order valence-electron chi connectivity index (χ2n) is 3.09. The number of aromatic nitrogens is 2. The summed E-state index contributed by atoms with van der Waals surface area (Å²) in [6, 6.07) is 0. The molecule has 0 bridgehead atoms. The molecular formula is C8H13N3O2S. The van der Waals surface area contributed by atoms with E-state index in [0.717, 1.165) is 0 Å². The molecule has 1 aromatic rings. The van der Waals surface area contributed by atoms with E-state index in [4.69, 9.17) is 0 Å². The fourth-order valence-electron chi connectivity index (χ4n) is 0.864. The fraction of sp³-hybridized carbons (Fsp3) is 0.500. The van der Waals surface area contributed by atoms with E-state index in [1.807, 2.05) is 0 Å². The van der Waals surface area contributed by atoms with E-state index in [-0.39, 0.29) is 4.90 Å². The van der Waals surface area contributed by atoms with Gasteiger partial charge in [-0.25, -0.2) is 18.4 Å². The van der Waals surface area contributed by atoms with E-state index >= 15 is 0 Å². The predicted octanol–water partition coefficient (Wildman–Crippen LogP) is 0.700. The number of sulfone groups is 1. The Morgan fingerprint density at radius 1 is 1.29 bits per heavy atom. The van der Waals surface area contributed by atoms with Gasteiger partial charge in [0.2, 0.25) is 5.95 Å². The summed E-state index contributed by atoms with van der Waals surface area (Å²) in [4.78, 5) is 7.85. The quantitative estimate of drug-likeness (QED) is 0.803. The van der Waals surface area contributed by atoms with E-state index in [9.17, 15) is 8.42 Å². The zero-order valence-corrected chi connectivity index (χ0v) is 9.17. The van der Waals surface area contributed by atoms with Crippen molar-refractivity contribution in [2.75, 3.05) is 12.4 Å². The van der Waals surface area contributed by atoms with Gasteiger partial charge in [0.25, 0.3) is 0 Å². The molecule has 6 heteroatoms. The van der Waals surface area contributed by atoms with Crippen molar-refractivity contribution in [3.05, 3.63) is 12.4 Å². The van der Waals surface area contributed by atoms with Crippen molar-refractivity contribution in [2.45, 2.75) is 24.0 Å². The van der Waals surface area contributed by atoms with Gasteiger partial charge in [-0.1, -0.05) is 0 Å². The summed E-state index contributed by atoms with van der Waals surface area (Å²) in [7, 11) is -1.58. The zero-order chi connectivity index (χ0) is 10.8. The molecule has 0 saturated heterocycles. The van der Waals surface area contributed by atoms with Crippen LogP contribution >= 0.6 is 0 Å². The normalized spacial score (nSPS) is 11.7. The highest BCUT2D eigenvalue weighted by Crippen LogP contribution is 2.13. The molecule has 1 aromatic heterocycles. The van der Waals surface area contributed by atoms with Gasteiger partial charge in [-0.2, -0.15) is 0 Å². The average molecular weight is 215 g/mol. The highest BCUT2D eigenvalue weighted by molar-refractivity contribution is 7.92. The molecule has 0 aliphatic rings. The minimum atomic E-state index is -3.25. The number of nitrogens with zero attached hydrogens (tertiary/aromatic N) is 2. The maximum atomic E-state index is 11.6. The van der Waals surface area contributed by atoms with Gasteiger partial charge in [0, 0.05) is 7.05 Å². The molecule has 0 aliphatic carbocycles. The third-order valence-corrected chi connectivity index (χ3v) is 3.91. The van der Waals surface area contributed by atoms with Gasteiger partial charge in [0.05, 0.1) is 17.6 Å². The first-order valence-corrected chi connectivity index (χ1v) is 5.77. The third-order valence-electron chi connectivity index (χ3n) is 1.80. The Bertz CT molecular complexity index is 397. The molecule has 0 unspecified atom stereocenters. The minimum Gasteiger partial charge on any atom is -0.357 e. The van der Waals surface area contributed by atoms with Crippen molar-refractivity contribution in [1.29, 1.82) is 0 Å². The number of nitrogens with one attached hydrogen (secondary N) is 1. The predicted molar refractivity (Wildman–Crippen MR) is 53.9 cm³/mol. The Hall–Kier alpha value is -1.17. The second-order valence-corrected chi connectivity index (χ2v) is 5.59. The summed E-state index contributed by atoms with van der Waals surface area (Å²) in [5.41, 5.74) is 0. The molecular weight excluding hydrogens is 202 g/mol. The van der Waals surface area contributed by atoms with Gasteiger partial charge in [0.1, 0.15) is 4.90 Å². The van der Waals surface area contributed by atoms with Crippen molar-refractivity contribution in [2.24, 2.45) is 0 Å². The second kappa shape index (κ2) is 3.91. The summed E-state index contributed by atoms with van der Waals surface area (Å²) < 4.78 is 23.3. The number of hydrogen-bond donors (Lipinski definition) is 1. The monoisotopic (exact) mass is 215 g/mol. The molecule has 0 radical (unpaired) electrons. The van der Waals surface area contributed by atoms with E-state index in [1.165, 1.54) is 12.4 Å². The highest BCUT2D eigenvalue weighted by atomic mass is 32.2. The van der Waals surface area contributed by atoms with Crippen LogP contribution in [0.5, 0.6) is 0 Å². The van der Waals surface area contributed by atoms with Crippen LogP contribution < -0.4 is 5.32 Å². The Balaban J connectivity index is 3.10.